The van der Waals surface area contributed by atoms with Gasteiger partial charge < -0.3 is 15.2 Å². The van der Waals surface area contributed by atoms with Crippen LogP contribution >= 0.6 is 0 Å². The first-order valence-electron chi connectivity index (χ1n) is 11.1. The highest BCUT2D eigenvalue weighted by molar-refractivity contribution is 5.96. The van der Waals surface area contributed by atoms with Gasteiger partial charge in [-0.05, 0) is 28.7 Å². The SMILES string of the molecule is CCC[C@@H](NC(=O)c1cc(NC(=O)OCC2c3ccccc3-c3ccccc32)n(C)n1)C(=O)O. The molecule has 3 N–H and O–H groups in total. The Kier molecular flexibility index (Phi) is 6.62. The third kappa shape index (κ3) is 4.63. The van der Waals surface area contributed by atoms with Crippen LogP contribution in [-0.4, -0.2) is 45.5 Å². The predicted octanol–water partition coefficient (Wildman–Crippen LogP) is 3.76. The minimum absolute atomic E-state index is 0.00111. The van der Waals surface area contributed by atoms with E-state index in [0.29, 0.717) is 12.8 Å². The number of aryl methyl sites for hydroxylation is 1. The molecule has 0 saturated carbocycles. The number of carbonyl (C=O) groups is 3. The zero-order valence-corrected chi connectivity index (χ0v) is 18.9. The van der Waals surface area contributed by atoms with Crippen LogP contribution in [0.3, 0.4) is 0 Å². The summed E-state index contributed by atoms with van der Waals surface area (Å²) in [4.78, 5) is 36.2. The molecule has 9 nitrogen and oxygen atoms in total. The maximum Gasteiger partial charge on any atom is 0.412 e. The van der Waals surface area contributed by atoms with Crippen molar-refractivity contribution >= 4 is 23.8 Å². The Morgan fingerprint density at radius 1 is 1.09 bits per heavy atom. The number of nitrogens with one attached hydrogen (secondary N) is 2. The lowest BCUT2D eigenvalue weighted by Gasteiger charge is -2.14. The van der Waals surface area contributed by atoms with Crippen molar-refractivity contribution in [3.05, 3.63) is 71.4 Å². The van der Waals surface area contributed by atoms with Crippen molar-refractivity contribution in [1.29, 1.82) is 0 Å². The first kappa shape index (κ1) is 23.0. The maximum absolute atomic E-state index is 12.5. The molecule has 0 aliphatic heterocycles. The van der Waals surface area contributed by atoms with E-state index < -0.39 is 24.0 Å². The van der Waals surface area contributed by atoms with E-state index >= 15 is 0 Å². The van der Waals surface area contributed by atoms with Crippen LogP contribution < -0.4 is 10.6 Å². The summed E-state index contributed by atoms with van der Waals surface area (Å²) in [6.45, 7) is 1.99. The van der Waals surface area contributed by atoms with Crippen molar-refractivity contribution in [3.63, 3.8) is 0 Å². The summed E-state index contributed by atoms with van der Waals surface area (Å²) in [5.74, 6) is -1.55. The molecule has 1 heterocycles. The van der Waals surface area contributed by atoms with Gasteiger partial charge in [0.2, 0.25) is 0 Å². The van der Waals surface area contributed by atoms with Crippen LogP contribution in [0, 0.1) is 0 Å². The van der Waals surface area contributed by atoms with Crippen molar-refractivity contribution in [1.82, 2.24) is 15.1 Å². The number of carbonyl (C=O) groups excluding carboxylic acids is 2. The molecule has 4 rings (SSSR count). The van der Waals surface area contributed by atoms with E-state index in [1.54, 1.807) is 7.05 Å². The molecule has 1 aliphatic carbocycles. The van der Waals surface area contributed by atoms with E-state index in [-0.39, 0.29) is 24.0 Å². The van der Waals surface area contributed by atoms with E-state index in [9.17, 15) is 19.5 Å². The fourth-order valence-corrected chi connectivity index (χ4v) is 4.21. The number of ether oxygens (including phenoxy) is 1. The minimum Gasteiger partial charge on any atom is -0.480 e. The molecule has 2 aromatic carbocycles. The normalized spacial score (nSPS) is 13.0. The summed E-state index contributed by atoms with van der Waals surface area (Å²) in [6.07, 6.45) is 0.235. The quantitative estimate of drug-likeness (QED) is 0.468. The Bertz CT molecular complexity index is 1190. The van der Waals surface area contributed by atoms with Crippen molar-refractivity contribution < 1.29 is 24.2 Å². The third-order valence-corrected chi connectivity index (χ3v) is 5.87. The molecular weight excluding hydrogens is 436 g/mol. The Morgan fingerprint density at radius 3 is 2.29 bits per heavy atom. The van der Waals surface area contributed by atoms with Gasteiger partial charge in [-0.25, -0.2) is 9.59 Å². The van der Waals surface area contributed by atoms with Crippen molar-refractivity contribution in [2.24, 2.45) is 7.05 Å². The number of fused-ring (bicyclic) bond motifs is 3. The van der Waals surface area contributed by atoms with Gasteiger partial charge >= 0.3 is 12.1 Å². The van der Waals surface area contributed by atoms with E-state index in [0.717, 1.165) is 22.3 Å². The van der Waals surface area contributed by atoms with Gasteiger partial charge in [-0.2, -0.15) is 5.10 Å². The summed E-state index contributed by atoms with van der Waals surface area (Å²) in [6, 6.07) is 16.5. The number of benzene rings is 2. The second kappa shape index (κ2) is 9.78. The first-order valence-corrected chi connectivity index (χ1v) is 11.1. The van der Waals surface area contributed by atoms with Crippen LogP contribution in [0.4, 0.5) is 10.6 Å². The molecule has 0 saturated heterocycles. The zero-order valence-electron chi connectivity index (χ0n) is 18.9. The molecule has 0 radical (unpaired) electrons. The molecule has 0 fully saturated rings. The van der Waals surface area contributed by atoms with E-state index in [4.69, 9.17) is 4.74 Å². The lowest BCUT2D eigenvalue weighted by Crippen LogP contribution is -2.40. The standard InChI is InChI=1S/C25H26N4O5/c1-3-8-20(24(31)32)26-23(30)21-13-22(29(2)28-21)27-25(33)34-14-19-17-11-6-4-9-15(17)16-10-5-7-12-18(16)19/h4-7,9-13,19-20H,3,8,14H2,1-2H3,(H,26,30)(H,27,33)(H,31,32)/t20-/m1/s1. The van der Waals surface area contributed by atoms with Gasteiger partial charge in [0.05, 0.1) is 0 Å². The maximum atomic E-state index is 12.5. The molecule has 1 aromatic heterocycles. The van der Waals surface area contributed by atoms with Crippen LogP contribution in [0.5, 0.6) is 0 Å². The highest BCUT2D eigenvalue weighted by atomic mass is 16.5. The minimum atomic E-state index is -1.11. The third-order valence-electron chi connectivity index (χ3n) is 5.87. The van der Waals surface area contributed by atoms with Gasteiger partial charge in [-0.3, -0.25) is 14.8 Å². The summed E-state index contributed by atoms with van der Waals surface area (Å²) in [7, 11) is 1.57. The summed E-state index contributed by atoms with van der Waals surface area (Å²) < 4.78 is 6.85. The van der Waals surface area contributed by atoms with Crippen LogP contribution in [0.2, 0.25) is 0 Å². The van der Waals surface area contributed by atoms with Crippen LogP contribution in [0.1, 0.15) is 47.3 Å². The van der Waals surface area contributed by atoms with Gasteiger partial charge in [-0.1, -0.05) is 61.9 Å². The number of amides is 2. The summed E-state index contributed by atoms with van der Waals surface area (Å²) in [5.41, 5.74) is 4.49. The van der Waals surface area contributed by atoms with E-state index in [2.05, 4.69) is 27.9 Å². The number of anilines is 1. The molecule has 1 atom stereocenters. The lowest BCUT2D eigenvalue weighted by atomic mass is 9.98. The number of rotatable bonds is 8. The first-order chi connectivity index (χ1) is 16.4. The van der Waals surface area contributed by atoms with Crippen LogP contribution in [0.25, 0.3) is 11.1 Å². The number of hydrogen-bond acceptors (Lipinski definition) is 5. The van der Waals surface area contributed by atoms with Gasteiger partial charge in [0.15, 0.2) is 5.69 Å². The molecule has 2 amide bonds. The average Bonchev–Trinajstić information content (AvgIpc) is 3.35. The monoisotopic (exact) mass is 462 g/mol. The molecule has 3 aromatic rings. The highest BCUT2D eigenvalue weighted by Gasteiger charge is 2.29. The topological polar surface area (TPSA) is 123 Å². The molecule has 34 heavy (non-hydrogen) atoms. The summed E-state index contributed by atoms with van der Waals surface area (Å²) >= 11 is 0. The van der Waals surface area contributed by atoms with Gasteiger partial charge in [0.1, 0.15) is 18.5 Å². The van der Waals surface area contributed by atoms with Crippen molar-refractivity contribution in [3.8, 4) is 11.1 Å². The molecule has 176 valence electrons. The number of hydrogen-bond donors (Lipinski definition) is 3. The zero-order chi connectivity index (χ0) is 24.2. The number of nitrogens with zero attached hydrogens (tertiary/aromatic N) is 2. The fourth-order valence-electron chi connectivity index (χ4n) is 4.21. The average molecular weight is 463 g/mol. The molecule has 0 bridgehead atoms. The van der Waals surface area contributed by atoms with Crippen LogP contribution in [0.15, 0.2) is 54.6 Å². The summed E-state index contributed by atoms with van der Waals surface area (Å²) in [5, 5.41) is 18.4. The Hall–Kier alpha value is -4.14. The lowest BCUT2D eigenvalue weighted by molar-refractivity contribution is -0.139. The molecule has 0 spiro atoms. The number of carboxylic acid groups (broad SMARTS) is 1. The molecule has 9 heteroatoms. The smallest absolute Gasteiger partial charge is 0.412 e. The van der Waals surface area contributed by atoms with Gasteiger partial charge in [-0.15, -0.1) is 0 Å². The van der Waals surface area contributed by atoms with Crippen molar-refractivity contribution in [2.75, 3.05) is 11.9 Å². The molecule has 1 aliphatic rings. The number of aromatic nitrogens is 2. The van der Waals surface area contributed by atoms with Crippen LogP contribution in [-0.2, 0) is 16.6 Å². The fraction of sp³-hybridized carbons (Fsp3) is 0.280. The van der Waals surface area contributed by atoms with E-state index in [1.807, 2.05) is 43.3 Å². The van der Waals surface area contributed by atoms with Crippen molar-refractivity contribution in [2.45, 2.75) is 31.7 Å². The number of carboxylic acids is 1. The second-order valence-corrected chi connectivity index (χ2v) is 8.14. The Morgan fingerprint density at radius 2 is 1.71 bits per heavy atom. The largest absolute Gasteiger partial charge is 0.480 e. The van der Waals surface area contributed by atoms with Gasteiger partial charge in [0, 0.05) is 19.0 Å². The number of aliphatic carboxylic acids is 1. The molecule has 0 unspecified atom stereocenters. The van der Waals surface area contributed by atoms with Gasteiger partial charge in [0.25, 0.3) is 5.91 Å². The Labute approximate surface area is 196 Å². The molecular formula is C25H26N4O5. The van der Waals surface area contributed by atoms with E-state index in [1.165, 1.54) is 10.7 Å². The predicted molar refractivity (Wildman–Crippen MR) is 126 cm³/mol. The highest BCUT2D eigenvalue weighted by Crippen LogP contribution is 2.44. The second-order valence-electron chi connectivity index (χ2n) is 8.14. The Balaban J connectivity index is 1.40.